The number of guanidine groups is 1. The van der Waals surface area contributed by atoms with Crippen LogP contribution >= 0.6 is 0 Å². The Bertz CT molecular complexity index is 757. The summed E-state index contributed by atoms with van der Waals surface area (Å²) < 4.78 is 10.7. The van der Waals surface area contributed by atoms with Gasteiger partial charge in [-0.15, -0.1) is 0 Å². The summed E-state index contributed by atoms with van der Waals surface area (Å²) >= 11 is 0. The summed E-state index contributed by atoms with van der Waals surface area (Å²) in [6.07, 6.45) is 0.868. The fourth-order valence-corrected chi connectivity index (χ4v) is 2.88. The highest BCUT2D eigenvalue weighted by Gasteiger charge is 2.05. The van der Waals surface area contributed by atoms with E-state index in [9.17, 15) is 0 Å². The zero-order valence-corrected chi connectivity index (χ0v) is 16.3. The lowest BCUT2D eigenvalue weighted by atomic mass is 10.1. The van der Waals surface area contributed by atoms with Crippen molar-refractivity contribution < 1.29 is 9.47 Å². The molecule has 0 fully saturated rings. The van der Waals surface area contributed by atoms with Gasteiger partial charge in [0.25, 0.3) is 0 Å². The van der Waals surface area contributed by atoms with Crippen LogP contribution in [0.2, 0.25) is 0 Å². The van der Waals surface area contributed by atoms with E-state index >= 15 is 0 Å². The molecule has 0 amide bonds. The summed E-state index contributed by atoms with van der Waals surface area (Å²) in [5.41, 5.74) is 4.74. The summed E-state index contributed by atoms with van der Waals surface area (Å²) in [4.78, 5) is 4.29. The highest BCUT2D eigenvalue weighted by molar-refractivity contribution is 5.79. The molecule has 0 bridgehead atoms. The topological polar surface area (TPSA) is 54.9 Å². The van der Waals surface area contributed by atoms with Crippen molar-refractivity contribution in [3.05, 3.63) is 58.7 Å². The molecule has 2 N–H and O–H groups in total. The maximum absolute atomic E-state index is 5.44. The molecule has 26 heavy (non-hydrogen) atoms. The molecule has 0 saturated heterocycles. The first kappa shape index (κ1) is 19.6. The zero-order chi connectivity index (χ0) is 18.9. The number of benzene rings is 2. The van der Waals surface area contributed by atoms with Crippen LogP contribution in [0, 0.1) is 13.8 Å². The van der Waals surface area contributed by atoms with Crippen molar-refractivity contribution in [2.45, 2.75) is 26.8 Å². The first-order chi connectivity index (χ1) is 12.6. The van der Waals surface area contributed by atoms with Crippen LogP contribution in [-0.2, 0) is 13.0 Å². The van der Waals surface area contributed by atoms with Gasteiger partial charge in [0.15, 0.2) is 5.96 Å². The molecule has 140 valence electrons. The van der Waals surface area contributed by atoms with Gasteiger partial charge in [-0.25, -0.2) is 0 Å². The third-order valence-electron chi connectivity index (χ3n) is 4.27. The number of hydrogen-bond donors (Lipinski definition) is 2. The van der Waals surface area contributed by atoms with E-state index in [0.717, 1.165) is 36.0 Å². The van der Waals surface area contributed by atoms with Crippen LogP contribution in [0.25, 0.3) is 0 Å². The van der Waals surface area contributed by atoms with Crippen molar-refractivity contribution in [3.63, 3.8) is 0 Å². The minimum Gasteiger partial charge on any atom is -0.496 e. The molecular weight excluding hydrogens is 326 g/mol. The molecular formula is C21H29N3O2. The van der Waals surface area contributed by atoms with Gasteiger partial charge in [0.05, 0.1) is 14.2 Å². The highest BCUT2D eigenvalue weighted by atomic mass is 16.5. The highest BCUT2D eigenvalue weighted by Crippen LogP contribution is 2.20. The molecule has 2 aromatic carbocycles. The first-order valence-corrected chi connectivity index (χ1v) is 8.79. The molecule has 5 heteroatoms. The predicted molar refractivity (Wildman–Crippen MR) is 107 cm³/mol. The Morgan fingerprint density at radius 3 is 2.35 bits per heavy atom. The zero-order valence-electron chi connectivity index (χ0n) is 16.3. The summed E-state index contributed by atoms with van der Waals surface area (Å²) in [7, 11) is 5.18. The number of aliphatic imine (C=N–C) groups is 1. The number of nitrogens with one attached hydrogen (secondary N) is 2. The van der Waals surface area contributed by atoms with Crippen LogP contribution < -0.4 is 20.1 Å². The van der Waals surface area contributed by atoms with Crippen molar-refractivity contribution in [2.75, 3.05) is 27.8 Å². The molecule has 0 aliphatic carbocycles. The molecule has 2 aromatic rings. The van der Waals surface area contributed by atoms with Crippen molar-refractivity contribution in [2.24, 2.45) is 4.99 Å². The lowest BCUT2D eigenvalue weighted by Gasteiger charge is -2.14. The standard InChI is InChI=1S/C21H29N3O2/c1-15-6-8-20(26-5)18(12-15)10-11-23-21(22-3)24-14-17-7-9-19(25-4)16(2)13-17/h6-9,12-13H,10-11,14H2,1-5H3,(H2,22,23,24). The van der Waals surface area contributed by atoms with Gasteiger partial charge in [0, 0.05) is 20.1 Å². The smallest absolute Gasteiger partial charge is 0.191 e. The molecule has 0 heterocycles. The van der Waals surface area contributed by atoms with Gasteiger partial charge in [0.1, 0.15) is 11.5 Å². The SMILES string of the molecule is CN=C(NCCc1cc(C)ccc1OC)NCc1ccc(OC)c(C)c1. The van der Waals surface area contributed by atoms with Crippen molar-refractivity contribution >= 4 is 5.96 Å². The average molecular weight is 355 g/mol. The number of hydrogen-bond acceptors (Lipinski definition) is 3. The van der Waals surface area contributed by atoms with Gasteiger partial charge < -0.3 is 20.1 Å². The number of methoxy groups -OCH3 is 2. The van der Waals surface area contributed by atoms with Crippen molar-refractivity contribution in [3.8, 4) is 11.5 Å². The quantitative estimate of drug-likeness (QED) is 0.591. The maximum atomic E-state index is 5.44. The largest absolute Gasteiger partial charge is 0.496 e. The molecule has 0 aliphatic heterocycles. The van der Waals surface area contributed by atoms with Gasteiger partial charge >= 0.3 is 0 Å². The number of nitrogens with zero attached hydrogens (tertiary/aromatic N) is 1. The van der Waals surface area contributed by atoms with E-state index in [1.165, 1.54) is 16.7 Å². The number of rotatable bonds is 7. The maximum Gasteiger partial charge on any atom is 0.191 e. The van der Waals surface area contributed by atoms with E-state index in [1.807, 2.05) is 19.1 Å². The van der Waals surface area contributed by atoms with E-state index < -0.39 is 0 Å². The molecule has 2 rings (SSSR count). The fraction of sp³-hybridized carbons (Fsp3) is 0.381. The second-order valence-electron chi connectivity index (χ2n) is 6.22. The van der Waals surface area contributed by atoms with E-state index in [-0.39, 0.29) is 0 Å². The van der Waals surface area contributed by atoms with Gasteiger partial charge in [-0.1, -0.05) is 29.8 Å². The molecule has 0 aliphatic rings. The molecule has 0 aromatic heterocycles. The molecule has 0 radical (unpaired) electrons. The first-order valence-electron chi connectivity index (χ1n) is 8.79. The second-order valence-corrected chi connectivity index (χ2v) is 6.22. The van der Waals surface area contributed by atoms with Crippen LogP contribution in [-0.4, -0.2) is 33.8 Å². The molecule has 0 unspecified atom stereocenters. The minimum absolute atomic E-state index is 0.707. The second kappa shape index (κ2) is 9.70. The Labute approximate surface area is 156 Å². The van der Waals surface area contributed by atoms with E-state index in [2.05, 4.69) is 46.8 Å². The summed E-state index contributed by atoms with van der Waals surface area (Å²) in [6, 6.07) is 12.4. The predicted octanol–water partition coefficient (Wildman–Crippen LogP) is 3.23. The lowest BCUT2D eigenvalue weighted by Crippen LogP contribution is -2.37. The number of ether oxygens (including phenoxy) is 2. The minimum atomic E-state index is 0.707. The van der Waals surface area contributed by atoms with Gasteiger partial charge in [-0.05, 0) is 49.1 Å². The Balaban J connectivity index is 1.86. The third-order valence-corrected chi connectivity index (χ3v) is 4.27. The molecule has 0 saturated carbocycles. The summed E-state index contributed by atoms with van der Waals surface area (Å²) in [5.74, 6) is 2.61. The Morgan fingerprint density at radius 1 is 0.962 bits per heavy atom. The fourth-order valence-electron chi connectivity index (χ4n) is 2.88. The lowest BCUT2D eigenvalue weighted by molar-refractivity contribution is 0.409. The van der Waals surface area contributed by atoms with Crippen LogP contribution in [0.4, 0.5) is 0 Å². The average Bonchev–Trinajstić information content (AvgIpc) is 2.64. The third kappa shape index (κ3) is 5.41. The summed E-state index contributed by atoms with van der Waals surface area (Å²) in [5, 5.41) is 6.70. The van der Waals surface area contributed by atoms with Crippen LogP contribution in [0.1, 0.15) is 22.3 Å². The van der Waals surface area contributed by atoms with E-state index in [0.29, 0.717) is 6.54 Å². The van der Waals surface area contributed by atoms with Crippen molar-refractivity contribution in [1.82, 2.24) is 10.6 Å². The monoisotopic (exact) mass is 355 g/mol. The Hall–Kier alpha value is -2.69. The van der Waals surface area contributed by atoms with E-state index in [4.69, 9.17) is 9.47 Å². The van der Waals surface area contributed by atoms with Crippen LogP contribution in [0.5, 0.6) is 11.5 Å². The van der Waals surface area contributed by atoms with Gasteiger partial charge in [0.2, 0.25) is 0 Å². The number of aryl methyl sites for hydroxylation is 2. The Kier molecular flexibility index (Phi) is 7.33. The normalized spacial score (nSPS) is 11.2. The molecule has 5 nitrogen and oxygen atoms in total. The van der Waals surface area contributed by atoms with Crippen LogP contribution in [0.3, 0.4) is 0 Å². The summed E-state index contributed by atoms with van der Waals surface area (Å²) in [6.45, 7) is 5.62. The van der Waals surface area contributed by atoms with Crippen molar-refractivity contribution in [1.29, 1.82) is 0 Å². The Morgan fingerprint density at radius 2 is 1.69 bits per heavy atom. The van der Waals surface area contributed by atoms with Gasteiger partial charge in [-0.2, -0.15) is 0 Å². The molecule has 0 atom stereocenters. The van der Waals surface area contributed by atoms with E-state index in [1.54, 1.807) is 21.3 Å². The van der Waals surface area contributed by atoms with Crippen LogP contribution in [0.15, 0.2) is 41.4 Å². The van der Waals surface area contributed by atoms with Gasteiger partial charge in [-0.3, -0.25) is 4.99 Å². The molecule has 0 spiro atoms.